The van der Waals surface area contributed by atoms with Gasteiger partial charge in [0.25, 0.3) is 0 Å². The van der Waals surface area contributed by atoms with Crippen LogP contribution in [0.25, 0.3) is 11.0 Å². The van der Waals surface area contributed by atoms with Crippen LogP contribution in [0.3, 0.4) is 0 Å². The van der Waals surface area contributed by atoms with Gasteiger partial charge in [-0.1, -0.05) is 5.21 Å². The molecule has 0 aromatic carbocycles. The van der Waals surface area contributed by atoms with Gasteiger partial charge in [-0.2, -0.15) is 5.10 Å². The third-order valence-corrected chi connectivity index (χ3v) is 2.85. The maximum Gasteiger partial charge on any atom is 0.325 e. The standard InChI is InChI=1S/C11H12N8O2/c1-18-11-8(3-15-18)10(13-6-14-11)12-2-7-4-19(17-16-7)5-9(20)21/h3-4,6H,2,5H2,1H3,(H,20,21)(H,12,13,14). The highest BCUT2D eigenvalue weighted by Crippen LogP contribution is 2.18. The number of nitrogens with zero attached hydrogens (tertiary/aromatic N) is 7. The highest BCUT2D eigenvalue weighted by molar-refractivity contribution is 5.85. The molecule has 0 bridgehead atoms. The fourth-order valence-electron chi connectivity index (χ4n) is 1.91. The number of aliphatic carboxylic acids is 1. The van der Waals surface area contributed by atoms with E-state index in [0.29, 0.717) is 18.1 Å². The Labute approximate surface area is 118 Å². The first-order chi connectivity index (χ1) is 10.1. The lowest BCUT2D eigenvalue weighted by Gasteiger charge is -2.03. The van der Waals surface area contributed by atoms with E-state index in [2.05, 4.69) is 30.7 Å². The Balaban J connectivity index is 1.74. The van der Waals surface area contributed by atoms with Crippen molar-refractivity contribution in [3.05, 3.63) is 24.4 Å². The van der Waals surface area contributed by atoms with Crippen molar-refractivity contribution in [1.82, 2.24) is 34.7 Å². The zero-order valence-electron chi connectivity index (χ0n) is 11.1. The number of aryl methyl sites for hydroxylation is 1. The first kappa shape index (κ1) is 13.0. The Morgan fingerprint density at radius 2 is 2.29 bits per heavy atom. The maximum atomic E-state index is 10.6. The van der Waals surface area contributed by atoms with Crippen molar-refractivity contribution in [3.8, 4) is 0 Å². The predicted octanol–water partition coefficient (Wildman–Crippen LogP) is -0.349. The van der Waals surface area contributed by atoms with E-state index in [0.717, 1.165) is 11.0 Å². The molecule has 3 rings (SSSR count). The number of nitrogens with one attached hydrogen (secondary N) is 1. The van der Waals surface area contributed by atoms with Gasteiger partial charge in [0.2, 0.25) is 0 Å². The molecule has 0 atom stereocenters. The summed E-state index contributed by atoms with van der Waals surface area (Å²) in [5, 5.41) is 24.3. The van der Waals surface area contributed by atoms with Crippen LogP contribution in [0.1, 0.15) is 5.69 Å². The van der Waals surface area contributed by atoms with Crippen molar-refractivity contribution in [1.29, 1.82) is 0 Å². The molecule has 21 heavy (non-hydrogen) atoms. The summed E-state index contributed by atoms with van der Waals surface area (Å²) in [5.41, 5.74) is 1.34. The Morgan fingerprint density at radius 1 is 1.43 bits per heavy atom. The summed E-state index contributed by atoms with van der Waals surface area (Å²) in [6, 6.07) is 0. The van der Waals surface area contributed by atoms with Crippen LogP contribution in [0.4, 0.5) is 5.82 Å². The van der Waals surface area contributed by atoms with Crippen molar-refractivity contribution in [2.24, 2.45) is 7.05 Å². The van der Waals surface area contributed by atoms with Gasteiger partial charge in [-0.25, -0.2) is 14.6 Å². The summed E-state index contributed by atoms with van der Waals surface area (Å²) in [6.07, 6.45) is 4.70. The van der Waals surface area contributed by atoms with E-state index in [4.69, 9.17) is 5.11 Å². The van der Waals surface area contributed by atoms with Gasteiger partial charge in [-0.3, -0.25) is 9.48 Å². The molecule has 10 nitrogen and oxygen atoms in total. The summed E-state index contributed by atoms with van der Waals surface area (Å²) in [4.78, 5) is 18.9. The lowest BCUT2D eigenvalue weighted by molar-refractivity contribution is -0.137. The molecule has 108 valence electrons. The molecular formula is C11H12N8O2. The largest absolute Gasteiger partial charge is 0.480 e. The number of carboxylic acid groups (broad SMARTS) is 1. The summed E-state index contributed by atoms with van der Waals surface area (Å²) in [7, 11) is 1.80. The number of carbonyl (C=O) groups is 1. The Morgan fingerprint density at radius 3 is 3.10 bits per heavy atom. The van der Waals surface area contributed by atoms with Gasteiger partial charge in [0.15, 0.2) is 5.65 Å². The molecule has 0 saturated carbocycles. The SMILES string of the molecule is Cn1ncc2c(NCc3cn(CC(=O)O)nn3)ncnc21. The number of hydrogen-bond acceptors (Lipinski definition) is 7. The van der Waals surface area contributed by atoms with Gasteiger partial charge in [-0.05, 0) is 0 Å². The van der Waals surface area contributed by atoms with E-state index < -0.39 is 5.97 Å². The van der Waals surface area contributed by atoms with Crippen molar-refractivity contribution in [2.75, 3.05) is 5.32 Å². The van der Waals surface area contributed by atoms with E-state index in [9.17, 15) is 4.79 Å². The minimum absolute atomic E-state index is 0.215. The van der Waals surface area contributed by atoms with Gasteiger partial charge in [0, 0.05) is 7.05 Å². The fraction of sp³-hybridized carbons (Fsp3) is 0.273. The summed E-state index contributed by atoms with van der Waals surface area (Å²) >= 11 is 0. The third-order valence-electron chi connectivity index (χ3n) is 2.85. The zero-order valence-corrected chi connectivity index (χ0v) is 11.1. The first-order valence-electron chi connectivity index (χ1n) is 6.11. The molecule has 3 aromatic heterocycles. The lowest BCUT2D eigenvalue weighted by Crippen LogP contribution is -2.09. The summed E-state index contributed by atoms with van der Waals surface area (Å²) < 4.78 is 2.92. The summed E-state index contributed by atoms with van der Waals surface area (Å²) in [5.74, 6) is -0.326. The highest BCUT2D eigenvalue weighted by Gasteiger charge is 2.09. The van der Waals surface area contributed by atoms with Crippen LogP contribution in [0.2, 0.25) is 0 Å². The van der Waals surface area contributed by atoms with E-state index in [1.54, 1.807) is 24.1 Å². The molecule has 0 unspecified atom stereocenters. The summed E-state index contributed by atoms with van der Waals surface area (Å²) in [6.45, 7) is 0.161. The predicted molar refractivity (Wildman–Crippen MR) is 71.3 cm³/mol. The average Bonchev–Trinajstić information content (AvgIpc) is 3.04. The van der Waals surface area contributed by atoms with Gasteiger partial charge in [-0.15, -0.1) is 5.10 Å². The van der Waals surface area contributed by atoms with E-state index >= 15 is 0 Å². The topological polar surface area (TPSA) is 124 Å². The Hall–Kier alpha value is -3.04. The molecule has 10 heteroatoms. The number of carboxylic acids is 1. The van der Waals surface area contributed by atoms with Crippen LogP contribution >= 0.6 is 0 Å². The molecule has 0 radical (unpaired) electrons. The molecule has 0 spiro atoms. The van der Waals surface area contributed by atoms with Gasteiger partial charge < -0.3 is 10.4 Å². The molecule has 0 aliphatic heterocycles. The van der Waals surface area contributed by atoms with Crippen molar-refractivity contribution in [3.63, 3.8) is 0 Å². The smallest absolute Gasteiger partial charge is 0.325 e. The Bertz CT molecular complexity index is 792. The number of hydrogen-bond donors (Lipinski definition) is 2. The maximum absolute atomic E-state index is 10.6. The lowest BCUT2D eigenvalue weighted by atomic mass is 10.3. The van der Waals surface area contributed by atoms with Crippen LogP contribution in [0.15, 0.2) is 18.7 Å². The molecule has 0 amide bonds. The van der Waals surface area contributed by atoms with Crippen molar-refractivity contribution < 1.29 is 9.90 Å². The second-order valence-electron chi connectivity index (χ2n) is 4.38. The Kier molecular flexibility index (Phi) is 3.18. The van der Waals surface area contributed by atoms with Crippen molar-refractivity contribution in [2.45, 2.75) is 13.1 Å². The molecule has 0 saturated heterocycles. The highest BCUT2D eigenvalue weighted by atomic mass is 16.4. The average molecular weight is 288 g/mol. The number of aromatic nitrogens is 7. The normalized spacial score (nSPS) is 10.9. The molecule has 0 aliphatic rings. The van der Waals surface area contributed by atoms with E-state index in [-0.39, 0.29) is 6.54 Å². The first-order valence-corrected chi connectivity index (χ1v) is 6.11. The monoisotopic (exact) mass is 288 g/mol. The fourth-order valence-corrected chi connectivity index (χ4v) is 1.91. The van der Waals surface area contributed by atoms with Crippen LogP contribution in [-0.2, 0) is 24.9 Å². The molecule has 0 aliphatic carbocycles. The quantitative estimate of drug-likeness (QED) is 0.653. The number of anilines is 1. The van der Waals surface area contributed by atoms with Crippen LogP contribution < -0.4 is 5.32 Å². The third kappa shape index (κ3) is 2.63. The number of rotatable bonds is 5. The van der Waals surface area contributed by atoms with Crippen LogP contribution in [0.5, 0.6) is 0 Å². The second-order valence-corrected chi connectivity index (χ2v) is 4.38. The van der Waals surface area contributed by atoms with Gasteiger partial charge in [0.05, 0.1) is 24.3 Å². The molecule has 3 heterocycles. The molecule has 0 fully saturated rings. The molecule has 2 N–H and O–H groups in total. The van der Waals surface area contributed by atoms with Gasteiger partial charge >= 0.3 is 5.97 Å². The van der Waals surface area contributed by atoms with Crippen LogP contribution in [-0.4, -0.2) is 45.8 Å². The minimum Gasteiger partial charge on any atom is -0.480 e. The van der Waals surface area contributed by atoms with E-state index in [1.165, 1.54) is 11.0 Å². The van der Waals surface area contributed by atoms with Crippen molar-refractivity contribution >= 4 is 22.8 Å². The van der Waals surface area contributed by atoms with E-state index in [1.807, 2.05) is 0 Å². The second kappa shape index (κ2) is 5.15. The number of fused-ring (bicyclic) bond motifs is 1. The van der Waals surface area contributed by atoms with Crippen LogP contribution in [0, 0.1) is 0 Å². The molecular weight excluding hydrogens is 276 g/mol. The minimum atomic E-state index is -0.965. The zero-order chi connectivity index (χ0) is 14.8. The van der Waals surface area contributed by atoms with Gasteiger partial charge in [0.1, 0.15) is 24.4 Å². The molecule has 3 aromatic rings.